The lowest BCUT2D eigenvalue weighted by Crippen LogP contribution is -2.06. The van der Waals surface area contributed by atoms with Crippen molar-refractivity contribution in [3.05, 3.63) is 71.6 Å². The number of rotatable bonds is 8. The van der Waals surface area contributed by atoms with E-state index in [2.05, 4.69) is 78.4 Å². The van der Waals surface area contributed by atoms with Gasteiger partial charge in [-0.2, -0.15) is 0 Å². The third-order valence-corrected chi connectivity index (χ3v) is 6.12. The van der Waals surface area contributed by atoms with Crippen molar-refractivity contribution in [3.63, 3.8) is 0 Å². The van der Waals surface area contributed by atoms with Crippen LogP contribution in [0.2, 0.25) is 0 Å². The summed E-state index contributed by atoms with van der Waals surface area (Å²) in [5.41, 5.74) is 3.61. The zero-order valence-corrected chi connectivity index (χ0v) is 17.3. The van der Waals surface area contributed by atoms with Crippen molar-refractivity contribution in [2.24, 2.45) is 0 Å². The molecule has 2 aromatic carbocycles. The highest BCUT2D eigenvalue weighted by Crippen LogP contribution is 2.28. The number of thiophene rings is 1. The lowest BCUT2D eigenvalue weighted by molar-refractivity contribution is 0.303. The number of imidazole rings is 1. The van der Waals surface area contributed by atoms with Crippen LogP contribution in [0.25, 0.3) is 21.7 Å². The summed E-state index contributed by atoms with van der Waals surface area (Å²) in [6.45, 7) is 6.06. The molecule has 3 nitrogen and oxygen atoms in total. The van der Waals surface area contributed by atoms with E-state index in [1.807, 2.05) is 6.07 Å². The molecule has 1 atom stereocenters. The van der Waals surface area contributed by atoms with Gasteiger partial charge in [-0.3, -0.25) is 0 Å². The number of nitrogens with zero attached hydrogens (tertiary/aromatic N) is 2. The molecule has 28 heavy (non-hydrogen) atoms. The molecule has 0 N–H and O–H groups in total. The van der Waals surface area contributed by atoms with Gasteiger partial charge in [-0.25, -0.2) is 4.98 Å². The topological polar surface area (TPSA) is 27.1 Å². The Kier molecular flexibility index (Phi) is 5.77. The summed E-state index contributed by atoms with van der Waals surface area (Å²) in [5.74, 6) is 2.59. The fourth-order valence-electron chi connectivity index (χ4n) is 3.44. The second kappa shape index (κ2) is 8.61. The van der Waals surface area contributed by atoms with Crippen molar-refractivity contribution >= 4 is 22.4 Å². The van der Waals surface area contributed by atoms with E-state index in [9.17, 15) is 0 Å². The minimum absolute atomic E-state index is 0.597. The van der Waals surface area contributed by atoms with Gasteiger partial charge in [-0.1, -0.05) is 44.2 Å². The quantitative estimate of drug-likeness (QED) is 0.311. The molecular formula is C24H26N2OS. The normalized spacial score (nSPS) is 12.4. The Hall–Kier alpha value is -2.59. The van der Waals surface area contributed by atoms with Gasteiger partial charge in [0.2, 0.25) is 0 Å². The van der Waals surface area contributed by atoms with Crippen molar-refractivity contribution in [3.8, 4) is 16.5 Å². The number of aromatic nitrogens is 2. The first-order chi connectivity index (χ1) is 13.8. The summed E-state index contributed by atoms with van der Waals surface area (Å²) in [6.07, 6.45) is 2.09. The number of hydrogen-bond acceptors (Lipinski definition) is 3. The van der Waals surface area contributed by atoms with E-state index in [1.165, 1.54) is 16.0 Å². The van der Waals surface area contributed by atoms with Crippen molar-refractivity contribution in [2.45, 2.75) is 39.2 Å². The molecule has 4 heteroatoms. The van der Waals surface area contributed by atoms with Gasteiger partial charge in [-0.15, -0.1) is 11.3 Å². The molecule has 1 unspecified atom stereocenters. The fraction of sp³-hybridized carbons (Fsp3) is 0.292. The molecular weight excluding hydrogens is 364 g/mol. The SMILES string of the molecule is CCC(C)c1ccc(OCCCn2c(-c3cccs3)nc3ccccc32)cc1. The molecule has 0 bridgehead atoms. The number of hydrogen-bond donors (Lipinski definition) is 0. The summed E-state index contributed by atoms with van der Waals surface area (Å²) < 4.78 is 8.30. The zero-order chi connectivity index (χ0) is 19.3. The van der Waals surface area contributed by atoms with Crippen LogP contribution in [-0.4, -0.2) is 16.2 Å². The van der Waals surface area contributed by atoms with E-state index in [1.54, 1.807) is 11.3 Å². The molecule has 0 aliphatic carbocycles. The third kappa shape index (κ3) is 3.97. The average molecular weight is 391 g/mol. The monoisotopic (exact) mass is 390 g/mol. The maximum atomic E-state index is 5.98. The largest absolute Gasteiger partial charge is 0.494 e. The Morgan fingerprint density at radius 2 is 1.86 bits per heavy atom. The molecule has 2 heterocycles. The standard InChI is InChI=1S/C24H26N2OS/c1-3-18(2)19-11-13-20(14-12-19)27-16-7-15-26-22-9-5-4-8-21(22)25-24(26)23-10-6-17-28-23/h4-6,8-14,17-18H,3,7,15-16H2,1-2H3. The molecule has 0 aliphatic heterocycles. The highest BCUT2D eigenvalue weighted by Gasteiger charge is 2.12. The van der Waals surface area contributed by atoms with Crippen LogP contribution in [0.1, 0.15) is 38.2 Å². The Labute approximate surface area is 170 Å². The summed E-state index contributed by atoms with van der Waals surface area (Å²) >= 11 is 1.73. The van der Waals surface area contributed by atoms with Gasteiger partial charge in [0.05, 0.1) is 22.5 Å². The number of para-hydroxylation sites is 2. The lowest BCUT2D eigenvalue weighted by Gasteiger charge is -2.12. The van der Waals surface area contributed by atoms with E-state index in [4.69, 9.17) is 9.72 Å². The van der Waals surface area contributed by atoms with E-state index in [-0.39, 0.29) is 0 Å². The van der Waals surface area contributed by atoms with E-state index < -0.39 is 0 Å². The van der Waals surface area contributed by atoms with Crippen LogP contribution >= 0.6 is 11.3 Å². The molecule has 0 fully saturated rings. The molecule has 4 rings (SSSR count). The molecule has 0 saturated carbocycles. The highest BCUT2D eigenvalue weighted by atomic mass is 32.1. The molecule has 0 saturated heterocycles. The smallest absolute Gasteiger partial charge is 0.151 e. The summed E-state index contributed by atoms with van der Waals surface area (Å²) in [5, 5.41) is 2.10. The van der Waals surface area contributed by atoms with Crippen LogP contribution in [0.15, 0.2) is 66.0 Å². The fourth-order valence-corrected chi connectivity index (χ4v) is 4.16. The van der Waals surface area contributed by atoms with Gasteiger partial charge in [0.15, 0.2) is 5.82 Å². The van der Waals surface area contributed by atoms with Crippen LogP contribution in [0.4, 0.5) is 0 Å². The Balaban J connectivity index is 1.42. The number of fused-ring (bicyclic) bond motifs is 1. The van der Waals surface area contributed by atoms with Crippen LogP contribution in [0.3, 0.4) is 0 Å². The van der Waals surface area contributed by atoms with Crippen LogP contribution in [0, 0.1) is 0 Å². The average Bonchev–Trinajstić information content (AvgIpc) is 3.39. The Morgan fingerprint density at radius 3 is 2.61 bits per heavy atom. The molecule has 0 amide bonds. The molecule has 2 aromatic heterocycles. The molecule has 0 radical (unpaired) electrons. The van der Waals surface area contributed by atoms with Crippen LogP contribution in [0.5, 0.6) is 5.75 Å². The van der Waals surface area contributed by atoms with Gasteiger partial charge in [0.1, 0.15) is 5.75 Å². The van der Waals surface area contributed by atoms with Crippen LogP contribution < -0.4 is 4.74 Å². The van der Waals surface area contributed by atoms with E-state index in [0.29, 0.717) is 12.5 Å². The minimum Gasteiger partial charge on any atom is -0.494 e. The molecule has 0 aliphatic rings. The lowest BCUT2D eigenvalue weighted by atomic mass is 9.99. The molecule has 144 valence electrons. The van der Waals surface area contributed by atoms with E-state index >= 15 is 0 Å². The van der Waals surface area contributed by atoms with Gasteiger partial charge >= 0.3 is 0 Å². The van der Waals surface area contributed by atoms with Crippen molar-refractivity contribution in [1.29, 1.82) is 0 Å². The van der Waals surface area contributed by atoms with Crippen LogP contribution in [-0.2, 0) is 6.54 Å². The first-order valence-corrected chi connectivity index (χ1v) is 10.9. The van der Waals surface area contributed by atoms with E-state index in [0.717, 1.165) is 36.5 Å². The molecule has 4 aromatic rings. The first kappa shape index (κ1) is 18.8. The minimum atomic E-state index is 0.597. The number of aryl methyl sites for hydroxylation is 1. The predicted octanol–water partition coefficient (Wildman–Crippen LogP) is 6.75. The summed E-state index contributed by atoms with van der Waals surface area (Å²) in [6, 6.07) is 21.1. The van der Waals surface area contributed by atoms with Crippen molar-refractivity contribution in [1.82, 2.24) is 9.55 Å². The maximum absolute atomic E-state index is 5.98. The predicted molar refractivity (Wildman–Crippen MR) is 118 cm³/mol. The van der Waals surface area contributed by atoms with Crippen molar-refractivity contribution < 1.29 is 4.74 Å². The summed E-state index contributed by atoms with van der Waals surface area (Å²) in [4.78, 5) is 6.07. The number of benzene rings is 2. The Bertz CT molecular complexity index is 1020. The second-order valence-electron chi connectivity index (χ2n) is 7.13. The number of ether oxygens (including phenoxy) is 1. The third-order valence-electron chi connectivity index (χ3n) is 5.25. The van der Waals surface area contributed by atoms with Crippen molar-refractivity contribution in [2.75, 3.05) is 6.61 Å². The van der Waals surface area contributed by atoms with Gasteiger partial charge in [-0.05, 0) is 60.0 Å². The van der Waals surface area contributed by atoms with Gasteiger partial charge in [0, 0.05) is 6.54 Å². The summed E-state index contributed by atoms with van der Waals surface area (Å²) in [7, 11) is 0. The molecule has 0 spiro atoms. The maximum Gasteiger partial charge on any atom is 0.151 e. The van der Waals surface area contributed by atoms with Gasteiger partial charge < -0.3 is 9.30 Å². The first-order valence-electron chi connectivity index (χ1n) is 9.98. The van der Waals surface area contributed by atoms with Gasteiger partial charge in [0.25, 0.3) is 0 Å². The second-order valence-corrected chi connectivity index (χ2v) is 8.08. The highest BCUT2D eigenvalue weighted by molar-refractivity contribution is 7.13. The Morgan fingerprint density at radius 1 is 1.04 bits per heavy atom. The zero-order valence-electron chi connectivity index (χ0n) is 16.5.